The van der Waals surface area contributed by atoms with Gasteiger partial charge in [-0.1, -0.05) is 30.3 Å². The molecule has 1 aliphatic rings. The van der Waals surface area contributed by atoms with E-state index in [0.717, 1.165) is 5.56 Å². The second kappa shape index (κ2) is 9.39. The molecule has 10 heteroatoms. The van der Waals surface area contributed by atoms with Crippen LogP contribution in [0, 0.1) is 0 Å². The van der Waals surface area contributed by atoms with Crippen molar-refractivity contribution in [2.24, 2.45) is 0 Å². The van der Waals surface area contributed by atoms with Crippen LogP contribution in [0.4, 0.5) is 4.79 Å². The van der Waals surface area contributed by atoms with Crippen molar-refractivity contribution in [1.82, 2.24) is 19.8 Å². The number of aromatic amines is 1. The molecule has 0 spiro atoms. The lowest BCUT2D eigenvalue weighted by Crippen LogP contribution is -2.52. The number of Topliss-reactive ketones (excluding diaryl/α,β-unsaturated/α-hetero) is 1. The van der Waals surface area contributed by atoms with Crippen LogP contribution < -0.4 is 4.74 Å². The zero-order valence-electron chi connectivity index (χ0n) is 17.3. The number of carbonyl (C=O) groups is 3. The number of hydrogen-bond acceptors (Lipinski definition) is 6. The van der Waals surface area contributed by atoms with Crippen LogP contribution in [0.2, 0.25) is 0 Å². The van der Waals surface area contributed by atoms with Crippen LogP contribution in [0.3, 0.4) is 0 Å². The predicted molar refractivity (Wildman–Crippen MR) is 119 cm³/mol. The Bertz CT molecular complexity index is 1160. The van der Waals surface area contributed by atoms with Gasteiger partial charge in [0.25, 0.3) is 11.7 Å². The molecule has 4 rings (SSSR count). The third-order valence-electron chi connectivity index (χ3n) is 5.32. The molecule has 0 bridgehead atoms. The SMILES string of the molecule is COc1cnc(Br)c2[nH]cc(C(=O)C(=O)N3CCN(C(=O)OCc4ccccc4)CC3)c12. The third kappa shape index (κ3) is 4.31. The molecule has 0 unspecified atom stereocenters. The van der Waals surface area contributed by atoms with E-state index in [1.165, 1.54) is 29.3 Å². The first-order chi connectivity index (χ1) is 15.5. The maximum Gasteiger partial charge on any atom is 0.410 e. The first-order valence-corrected chi connectivity index (χ1v) is 10.8. The quantitative estimate of drug-likeness (QED) is 0.328. The lowest BCUT2D eigenvalue weighted by molar-refractivity contribution is -0.128. The van der Waals surface area contributed by atoms with Crippen molar-refractivity contribution >= 4 is 44.6 Å². The first-order valence-electron chi connectivity index (χ1n) is 9.98. The lowest BCUT2D eigenvalue weighted by Gasteiger charge is -2.33. The Morgan fingerprint density at radius 2 is 1.78 bits per heavy atom. The number of halogens is 1. The number of rotatable bonds is 5. The summed E-state index contributed by atoms with van der Waals surface area (Å²) in [7, 11) is 1.48. The van der Waals surface area contributed by atoms with Gasteiger partial charge in [-0.2, -0.15) is 0 Å². The van der Waals surface area contributed by atoms with Gasteiger partial charge in [0.15, 0.2) is 0 Å². The number of amides is 2. The zero-order valence-corrected chi connectivity index (χ0v) is 18.9. The number of fused-ring (bicyclic) bond motifs is 1. The molecular formula is C22H21BrN4O5. The Balaban J connectivity index is 1.38. The molecule has 32 heavy (non-hydrogen) atoms. The van der Waals surface area contributed by atoms with Gasteiger partial charge in [-0.3, -0.25) is 9.59 Å². The van der Waals surface area contributed by atoms with E-state index < -0.39 is 17.8 Å². The highest BCUT2D eigenvalue weighted by atomic mass is 79.9. The molecule has 0 aliphatic carbocycles. The highest BCUT2D eigenvalue weighted by Gasteiger charge is 2.31. The highest BCUT2D eigenvalue weighted by molar-refractivity contribution is 9.10. The monoisotopic (exact) mass is 500 g/mol. The number of ether oxygens (including phenoxy) is 2. The molecule has 1 fully saturated rings. The molecule has 0 atom stereocenters. The number of aromatic nitrogens is 2. The normalized spacial score (nSPS) is 13.8. The second-order valence-corrected chi connectivity index (χ2v) is 7.97. The molecule has 1 aliphatic heterocycles. The van der Waals surface area contributed by atoms with E-state index in [1.54, 1.807) is 0 Å². The van der Waals surface area contributed by atoms with Gasteiger partial charge in [0.2, 0.25) is 0 Å². The summed E-state index contributed by atoms with van der Waals surface area (Å²) >= 11 is 3.33. The van der Waals surface area contributed by atoms with Gasteiger partial charge in [-0.05, 0) is 21.5 Å². The van der Waals surface area contributed by atoms with Gasteiger partial charge in [0.1, 0.15) is 17.0 Å². The molecule has 1 saturated heterocycles. The summed E-state index contributed by atoms with van der Waals surface area (Å²) in [5.74, 6) is -0.877. The molecule has 3 aromatic rings. The van der Waals surface area contributed by atoms with Gasteiger partial charge in [-0.15, -0.1) is 0 Å². The zero-order chi connectivity index (χ0) is 22.7. The molecule has 1 N–H and O–H groups in total. The van der Waals surface area contributed by atoms with E-state index in [4.69, 9.17) is 9.47 Å². The van der Waals surface area contributed by atoms with Gasteiger partial charge in [0, 0.05) is 32.4 Å². The average molecular weight is 501 g/mol. The number of hydrogen-bond donors (Lipinski definition) is 1. The summed E-state index contributed by atoms with van der Waals surface area (Å²) in [5, 5.41) is 0.496. The molecule has 0 saturated carbocycles. The van der Waals surface area contributed by atoms with Crippen LogP contribution in [0.25, 0.3) is 10.9 Å². The summed E-state index contributed by atoms with van der Waals surface area (Å²) in [6.07, 6.45) is 2.53. The molecule has 2 amide bonds. The van der Waals surface area contributed by atoms with Crippen LogP contribution in [0.15, 0.2) is 47.3 Å². The Kier molecular flexibility index (Phi) is 6.40. The van der Waals surface area contributed by atoms with Crippen molar-refractivity contribution in [2.45, 2.75) is 6.61 Å². The number of carbonyl (C=O) groups excluding carboxylic acids is 3. The van der Waals surface area contributed by atoms with E-state index in [0.29, 0.717) is 34.3 Å². The number of benzene rings is 1. The largest absolute Gasteiger partial charge is 0.494 e. The van der Waals surface area contributed by atoms with E-state index >= 15 is 0 Å². The minimum Gasteiger partial charge on any atom is -0.494 e. The first kappa shape index (κ1) is 21.8. The molecule has 1 aromatic carbocycles. The maximum absolute atomic E-state index is 13.0. The fourth-order valence-electron chi connectivity index (χ4n) is 3.58. The van der Waals surface area contributed by atoms with E-state index in [2.05, 4.69) is 25.9 Å². The van der Waals surface area contributed by atoms with E-state index in [9.17, 15) is 14.4 Å². The number of pyridine rings is 1. The number of ketones is 1. The van der Waals surface area contributed by atoms with Gasteiger partial charge < -0.3 is 24.3 Å². The van der Waals surface area contributed by atoms with Gasteiger partial charge >= 0.3 is 6.09 Å². The summed E-state index contributed by atoms with van der Waals surface area (Å²) in [6, 6.07) is 9.41. The Morgan fingerprint density at radius 1 is 1.09 bits per heavy atom. The lowest BCUT2D eigenvalue weighted by atomic mass is 10.1. The number of nitrogens with one attached hydrogen (secondary N) is 1. The predicted octanol–water partition coefficient (Wildman–Crippen LogP) is 3.00. The number of methoxy groups -OCH3 is 1. The Morgan fingerprint density at radius 3 is 2.47 bits per heavy atom. The third-order valence-corrected chi connectivity index (χ3v) is 5.92. The minimum absolute atomic E-state index is 0.185. The van der Waals surface area contributed by atoms with Crippen LogP contribution in [-0.2, 0) is 16.1 Å². The minimum atomic E-state index is -0.646. The smallest absolute Gasteiger partial charge is 0.410 e. The van der Waals surface area contributed by atoms with Crippen LogP contribution in [0.5, 0.6) is 5.75 Å². The number of H-pyrrole nitrogens is 1. The number of nitrogens with zero attached hydrogens (tertiary/aromatic N) is 3. The Hall–Kier alpha value is -3.40. The average Bonchev–Trinajstić information content (AvgIpc) is 3.29. The standard InChI is InChI=1S/C22H21BrN4O5/c1-31-16-12-25-20(23)18-17(16)15(11-24-18)19(28)21(29)26-7-9-27(10-8-26)22(30)32-13-14-5-3-2-4-6-14/h2-6,11-12,24H,7-10,13H2,1H3. The van der Waals surface area contributed by atoms with E-state index in [1.807, 2.05) is 30.3 Å². The molecule has 2 aromatic heterocycles. The molecule has 9 nitrogen and oxygen atoms in total. The summed E-state index contributed by atoms with van der Waals surface area (Å²) < 4.78 is 11.2. The second-order valence-electron chi connectivity index (χ2n) is 7.22. The fraction of sp³-hybridized carbons (Fsp3) is 0.273. The van der Waals surface area contributed by atoms with Gasteiger partial charge in [0.05, 0.1) is 29.8 Å². The molecule has 3 heterocycles. The van der Waals surface area contributed by atoms with Crippen molar-refractivity contribution in [3.05, 3.63) is 58.5 Å². The molecule has 166 valence electrons. The maximum atomic E-state index is 13.0. The van der Waals surface area contributed by atoms with Crippen LogP contribution in [0.1, 0.15) is 15.9 Å². The molecule has 0 radical (unpaired) electrons. The van der Waals surface area contributed by atoms with Crippen molar-refractivity contribution in [3.8, 4) is 5.75 Å². The number of piperazine rings is 1. The topological polar surface area (TPSA) is 105 Å². The van der Waals surface area contributed by atoms with Crippen LogP contribution in [-0.4, -0.2) is 70.8 Å². The fourth-order valence-corrected chi connectivity index (χ4v) is 4.00. The Labute approximate surface area is 192 Å². The summed E-state index contributed by atoms with van der Waals surface area (Å²) in [4.78, 5) is 48.3. The van der Waals surface area contributed by atoms with Crippen molar-refractivity contribution in [3.63, 3.8) is 0 Å². The van der Waals surface area contributed by atoms with Crippen molar-refractivity contribution in [2.75, 3.05) is 33.3 Å². The van der Waals surface area contributed by atoms with Crippen molar-refractivity contribution in [1.29, 1.82) is 0 Å². The van der Waals surface area contributed by atoms with Crippen LogP contribution >= 0.6 is 15.9 Å². The van der Waals surface area contributed by atoms with Gasteiger partial charge in [-0.25, -0.2) is 9.78 Å². The van der Waals surface area contributed by atoms with Crippen molar-refractivity contribution < 1.29 is 23.9 Å². The summed E-state index contributed by atoms with van der Waals surface area (Å²) in [5.41, 5.74) is 1.69. The van der Waals surface area contributed by atoms with E-state index in [-0.39, 0.29) is 25.3 Å². The molecular weight excluding hydrogens is 480 g/mol. The highest BCUT2D eigenvalue weighted by Crippen LogP contribution is 2.32. The summed E-state index contributed by atoms with van der Waals surface area (Å²) in [6.45, 7) is 1.26.